The summed E-state index contributed by atoms with van der Waals surface area (Å²) in [5.41, 5.74) is 1.40. The molecule has 0 aliphatic carbocycles. The Morgan fingerprint density at radius 2 is 1.91 bits per heavy atom. The first-order chi connectivity index (χ1) is 10.5. The van der Waals surface area contributed by atoms with Crippen molar-refractivity contribution in [3.8, 4) is 0 Å². The number of fused-ring (bicyclic) bond motifs is 1. The van der Waals surface area contributed by atoms with Crippen LogP contribution in [-0.2, 0) is 0 Å². The van der Waals surface area contributed by atoms with Crippen molar-refractivity contribution in [3.63, 3.8) is 0 Å². The van der Waals surface area contributed by atoms with Crippen molar-refractivity contribution in [1.29, 1.82) is 0 Å². The normalized spacial score (nSPS) is 16.2. The van der Waals surface area contributed by atoms with Crippen LogP contribution in [0.25, 0.3) is 10.9 Å². The molecule has 1 saturated heterocycles. The number of piperazine rings is 1. The third kappa shape index (κ3) is 2.60. The highest BCUT2D eigenvalue weighted by Gasteiger charge is 2.24. The van der Waals surface area contributed by atoms with Crippen LogP contribution in [0, 0.1) is 0 Å². The minimum atomic E-state index is -0.991. The molecule has 116 valence electrons. The minimum Gasteiger partial charge on any atom is -0.478 e. The highest BCUT2D eigenvalue weighted by molar-refractivity contribution is 6.45. The number of rotatable bonds is 2. The fraction of sp³-hybridized carbons (Fsp3) is 0.333. The van der Waals surface area contributed by atoms with Crippen molar-refractivity contribution in [1.82, 2.24) is 9.88 Å². The van der Waals surface area contributed by atoms with Crippen molar-refractivity contribution < 1.29 is 9.90 Å². The van der Waals surface area contributed by atoms with Crippen molar-refractivity contribution in [2.24, 2.45) is 0 Å². The molecule has 22 heavy (non-hydrogen) atoms. The van der Waals surface area contributed by atoms with Gasteiger partial charge in [-0.25, -0.2) is 4.79 Å². The average Bonchev–Trinajstić information content (AvgIpc) is 2.50. The lowest BCUT2D eigenvalue weighted by Crippen LogP contribution is -2.45. The number of hydrogen-bond donors (Lipinski definition) is 1. The standard InChI is InChI=1S/C15H15Cl2N3O2/c1-19-4-6-20(7-5-19)14-9-2-3-11(16)12(17)13(9)18-8-10(14)15(21)22/h2-3,8H,4-7H2,1H3,(H,21,22). The summed E-state index contributed by atoms with van der Waals surface area (Å²) in [6, 6.07) is 3.47. The number of aromatic nitrogens is 1. The van der Waals surface area contributed by atoms with Gasteiger partial charge in [-0.15, -0.1) is 0 Å². The number of likely N-dealkylation sites (N-methyl/N-ethyl adjacent to an activating group) is 1. The number of carboxylic acid groups (broad SMARTS) is 1. The van der Waals surface area contributed by atoms with Crippen molar-refractivity contribution in [2.75, 3.05) is 38.1 Å². The molecule has 0 saturated carbocycles. The van der Waals surface area contributed by atoms with E-state index in [2.05, 4.69) is 21.8 Å². The molecule has 0 amide bonds. The average molecular weight is 340 g/mol. The molecule has 7 heteroatoms. The molecule has 0 atom stereocenters. The molecule has 1 N–H and O–H groups in total. The fourth-order valence-electron chi connectivity index (χ4n) is 2.72. The van der Waals surface area contributed by atoms with Crippen LogP contribution in [0.15, 0.2) is 18.3 Å². The maximum absolute atomic E-state index is 11.6. The van der Waals surface area contributed by atoms with Gasteiger partial charge in [-0.2, -0.15) is 0 Å². The third-order valence-corrected chi connectivity index (χ3v) is 4.75. The summed E-state index contributed by atoms with van der Waals surface area (Å²) in [6.07, 6.45) is 1.36. The van der Waals surface area contributed by atoms with E-state index in [1.165, 1.54) is 6.20 Å². The van der Waals surface area contributed by atoms with Gasteiger partial charge in [0.15, 0.2) is 0 Å². The van der Waals surface area contributed by atoms with Gasteiger partial charge in [0.05, 0.1) is 21.2 Å². The number of carboxylic acids is 1. The van der Waals surface area contributed by atoms with Crippen LogP contribution in [0.1, 0.15) is 10.4 Å². The van der Waals surface area contributed by atoms with Crippen LogP contribution in [-0.4, -0.2) is 54.2 Å². The highest BCUT2D eigenvalue weighted by atomic mass is 35.5. The number of carbonyl (C=O) groups is 1. The van der Waals surface area contributed by atoms with Gasteiger partial charge >= 0.3 is 5.97 Å². The first-order valence-electron chi connectivity index (χ1n) is 6.92. The predicted molar refractivity (Wildman–Crippen MR) is 88.4 cm³/mol. The van der Waals surface area contributed by atoms with Crippen LogP contribution in [0.5, 0.6) is 0 Å². The molecule has 2 aromatic rings. The Morgan fingerprint density at radius 1 is 1.23 bits per heavy atom. The summed E-state index contributed by atoms with van der Waals surface area (Å²) < 4.78 is 0. The van der Waals surface area contributed by atoms with Crippen LogP contribution < -0.4 is 4.90 Å². The van der Waals surface area contributed by atoms with Gasteiger partial charge in [0, 0.05) is 37.8 Å². The van der Waals surface area contributed by atoms with E-state index in [4.69, 9.17) is 23.2 Å². The molecule has 1 aromatic carbocycles. The van der Waals surface area contributed by atoms with Crippen LogP contribution >= 0.6 is 23.2 Å². The number of halogens is 2. The van der Waals surface area contributed by atoms with E-state index in [0.717, 1.165) is 31.6 Å². The van der Waals surface area contributed by atoms with Crippen molar-refractivity contribution in [2.45, 2.75) is 0 Å². The smallest absolute Gasteiger partial charge is 0.339 e. The van der Waals surface area contributed by atoms with E-state index >= 15 is 0 Å². The molecule has 3 rings (SSSR count). The van der Waals surface area contributed by atoms with E-state index in [1.807, 2.05) is 0 Å². The Balaban J connectivity index is 2.22. The lowest BCUT2D eigenvalue weighted by atomic mass is 10.1. The largest absolute Gasteiger partial charge is 0.478 e. The Labute approximate surface area is 138 Å². The number of benzene rings is 1. The Morgan fingerprint density at radius 3 is 2.55 bits per heavy atom. The first-order valence-corrected chi connectivity index (χ1v) is 7.68. The Bertz CT molecular complexity index is 743. The quantitative estimate of drug-likeness (QED) is 0.911. The lowest BCUT2D eigenvalue weighted by molar-refractivity contribution is 0.0697. The predicted octanol–water partition coefficient (Wildman–Crippen LogP) is 2.99. The van der Waals surface area contributed by atoms with Gasteiger partial charge in [0.2, 0.25) is 0 Å². The number of pyridine rings is 1. The maximum atomic E-state index is 11.6. The number of nitrogens with zero attached hydrogens (tertiary/aromatic N) is 3. The molecule has 0 bridgehead atoms. The van der Waals surface area contributed by atoms with E-state index in [1.54, 1.807) is 12.1 Å². The van der Waals surface area contributed by atoms with E-state index in [9.17, 15) is 9.90 Å². The Kier molecular flexibility index (Phi) is 4.12. The van der Waals surface area contributed by atoms with Gasteiger partial charge in [0.1, 0.15) is 5.56 Å². The molecule has 1 fully saturated rings. The van der Waals surface area contributed by atoms with Gasteiger partial charge in [-0.05, 0) is 19.2 Å². The zero-order chi connectivity index (χ0) is 15.9. The molecule has 5 nitrogen and oxygen atoms in total. The highest BCUT2D eigenvalue weighted by Crippen LogP contribution is 2.36. The van der Waals surface area contributed by atoms with Crippen LogP contribution in [0.4, 0.5) is 5.69 Å². The monoisotopic (exact) mass is 339 g/mol. The minimum absolute atomic E-state index is 0.190. The summed E-state index contributed by atoms with van der Waals surface area (Å²) in [5.74, 6) is -0.991. The molecule has 1 aliphatic heterocycles. The summed E-state index contributed by atoms with van der Waals surface area (Å²) in [7, 11) is 2.05. The second-order valence-electron chi connectivity index (χ2n) is 5.37. The maximum Gasteiger partial charge on any atom is 0.339 e. The molecule has 1 aromatic heterocycles. The van der Waals surface area contributed by atoms with Gasteiger partial charge in [-0.3, -0.25) is 4.98 Å². The number of aromatic carboxylic acids is 1. The summed E-state index contributed by atoms with van der Waals surface area (Å²) >= 11 is 12.3. The molecular weight excluding hydrogens is 325 g/mol. The summed E-state index contributed by atoms with van der Waals surface area (Å²) in [6.45, 7) is 3.28. The molecule has 1 aliphatic rings. The summed E-state index contributed by atoms with van der Waals surface area (Å²) in [4.78, 5) is 20.1. The van der Waals surface area contributed by atoms with Gasteiger partial charge in [-0.1, -0.05) is 23.2 Å². The fourth-order valence-corrected chi connectivity index (χ4v) is 3.09. The third-order valence-electron chi connectivity index (χ3n) is 3.95. The number of anilines is 1. The lowest BCUT2D eigenvalue weighted by Gasteiger charge is -2.35. The summed E-state index contributed by atoms with van der Waals surface area (Å²) in [5, 5.41) is 11.0. The second-order valence-corrected chi connectivity index (χ2v) is 6.16. The molecule has 0 spiro atoms. The topological polar surface area (TPSA) is 56.7 Å². The van der Waals surface area contributed by atoms with Crippen LogP contribution in [0.2, 0.25) is 10.0 Å². The molecular formula is C15H15Cl2N3O2. The van der Waals surface area contributed by atoms with Crippen molar-refractivity contribution >= 4 is 45.8 Å². The molecule has 2 heterocycles. The first kappa shape index (κ1) is 15.3. The zero-order valence-corrected chi connectivity index (χ0v) is 13.5. The van der Waals surface area contributed by atoms with E-state index in [0.29, 0.717) is 21.2 Å². The van der Waals surface area contributed by atoms with Crippen molar-refractivity contribution in [3.05, 3.63) is 33.9 Å². The van der Waals surface area contributed by atoms with Gasteiger partial charge < -0.3 is 14.9 Å². The van der Waals surface area contributed by atoms with E-state index < -0.39 is 5.97 Å². The van der Waals surface area contributed by atoms with Crippen LogP contribution in [0.3, 0.4) is 0 Å². The Hall–Kier alpha value is -1.56. The SMILES string of the molecule is CN1CCN(c2c(C(=O)O)cnc3c(Cl)c(Cl)ccc23)CC1. The second kappa shape index (κ2) is 5.91. The molecule has 0 radical (unpaired) electrons. The van der Waals surface area contributed by atoms with Gasteiger partial charge in [0.25, 0.3) is 0 Å². The van der Waals surface area contributed by atoms with E-state index in [-0.39, 0.29) is 5.56 Å². The number of hydrogen-bond acceptors (Lipinski definition) is 4. The zero-order valence-electron chi connectivity index (χ0n) is 12.0. The molecule has 0 unspecified atom stereocenters.